The molecule has 1 saturated heterocycles. The summed E-state index contributed by atoms with van der Waals surface area (Å²) in [6.45, 7) is 6.72. The lowest BCUT2D eigenvalue weighted by atomic mass is 10.2. The summed E-state index contributed by atoms with van der Waals surface area (Å²) in [5, 5.41) is 0.889. The van der Waals surface area contributed by atoms with Crippen molar-refractivity contribution in [2.24, 2.45) is 0 Å². The molecule has 3 heterocycles. The Morgan fingerprint density at radius 3 is 2.96 bits per heavy atom. The van der Waals surface area contributed by atoms with Crippen molar-refractivity contribution < 1.29 is 14.3 Å². The zero-order valence-electron chi connectivity index (χ0n) is 13.2. The van der Waals surface area contributed by atoms with E-state index in [0.717, 1.165) is 20.4 Å². The SMILES string of the molecule is CC(C)(C)OC(=O)N1CC[C@H](Oc2ncnc3sc(Br)cc23)C1. The number of hydrogen-bond donors (Lipinski definition) is 0. The molecule has 0 spiro atoms. The van der Waals surface area contributed by atoms with Gasteiger partial charge in [0.25, 0.3) is 0 Å². The maximum Gasteiger partial charge on any atom is 0.410 e. The second-order valence-electron chi connectivity index (χ2n) is 6.40. The summed E-state index contributed by atoms with van der Waals surface area (Å²) in [5.74, 6) is 0.563. The topological polar surface area (TPSA) is 64.5 Å². The van der Waals surface area contributed by atoms with Gasteiger partial charge in [-0.05, 0) is 42.8 Å². The third-order valence-electron chi connectivity index (χ3n) is 3.34. The van der Waals surface area contributed by atoms with Crippen LogP contribution in [0.2, 0.25) is 0 Å². The molecule has 1 fully saturated rings. The number of rotatable bonds is 2. The zero-order chi connectivity index (χ0) is 16.6. The number of amides is 1. The average Bonchev–Trinajstić information content (AvgIpc) is 3.03. The molecule has 23 heavy (non-hydrogen) atoms. The molecule has 3 rings (SSSR count). The van der Waals surface area contributed by atoms with Crippen molar-refractivity contribution in [1.29, 1.82) is 0 Å². The maximum atomic E-state index is 12.1. The van der Waals surface area contributed by atoms with Crippen LogP contribution in [0.1, 0.15) is 27.2 Å². The highest BCUT2D eigenvalue weighted by Gasteiger charge is 2.31. The van der Waals surface area contributed by atoms with E-state index in [1.165, 1.54) is 17.7 Å². The van der Waals surface area contributed by atoms with Crippen LogP contribution in [0.4, 0.5) is 4.79 Å². The van der Waals surface area contributed by atoms with E-state index in [1.54, 1.807) is 4.90 Å². The highest BCUT2D eigenvalue weighted by molar-refractivity contribution is 9.11. The molecule has 0 N–H and O–H groups in total. The monoisotopic (exact) mass is 399 g/mol. The zero-order valence-corrected chi connectivity index (χ0v) is 15.6. The van der Waals surface area contributed by atoms with Gasteiger partial charge in [-0.25, -0.2) is 14.8 Å². The lowest BCUT2D eigenvalue weighted by Gasteiger charge is -2.24. The van der Waals surface area contributed by atoms with Crippen LogP contribution in [-0.4, -0.2) is 45.8 Å². The fraction of sp³-hybridized carbons (Fsp3) is 0.533. The summed E-state index contributed by atoms with van der Waals surface area (Å²) < 4.78 is 12.4. The number of halogens is 1. The average molecular weight is 400 g/mol. The minimum atomic E-state index is -0.488. The molecule has 6 nitrogen and oxygen atoms in total. The van der Waals surface area contributed by atoms with Crippen LogP contribution in [0.15, 0.2) is 16.2 Å². The first kappa shape index (κ1) is 16.4. The van der Waals surface area contributed by atoms with E-state index in [0.29, 0.717) is 19.0 Å². The molecule has 0 aliphatic carbocycles. The number of thiophene rings is 1. The molecule has 0 radical (unpaired) electrons. The molecule has 1 atom stereocenters. The second kappa shape index (κ2) is 6.24. The Labute approximate surface area is 146 Å². The Kier molecular flexibility index (Phi) is 4.46. The normalized spacial score (nSPS) is 18.4. The Morgan fingerprint density at radius 1 is 1.43 bits per heavy atom. The van der Waals surface area contributed by atoms with Gasteiger partial charge in [0, 0.05) is 13.0 Å². The number of ether oxygens (including phenoxy) is 2. The minimum absolute atomic E-state index is 0.0840. The fourth-order valence-electron chi connectivity index (χ4n) is 2.37. The Bertz CT molecular complexity index is 728. The van der Waals surface area contributed by atoms with Gasteiger partial charge in [0.15, 0.2) is 0 Å². The Hall–Kier alpha value is -1.41. The fourth-order valence-corrected chi connectivity index (χ4v) is 3.78. The highest BCUT2D eigenvalue weighted by atomic mass is 79.9. The molecule has 1 amide bonds. The van der Waals surface area contributed by atoms with Gasteiger partial charge in [-0.1, -0.05) is 0 Å². The van der Waals surface area contributed by atoms with Gasteiger partial charge in [0.2, 0.25) is 5.88 Å². The van der Waals surface area contributed by atoms with E-state index in [4.69, 9.17) is 9.47 Å². The van der Waals surface area contributed by atoms with Crippen molar-refractivity contribution in [3.8, 4) is 5.88 Å². The van der Waals surface area contributed by atoms with Crippen LogP contribution in [0.25, 0.3) is 10.2 Å². The summed E-state index contributed by atoms with van der Waals surface area (Å²) in [5.41, 5.74) is -0.488. The third kappa shape index (κ3) is 3.92. The summed E-state index contributed by atoms with van der Waals surface area (Å²) in [7, 11) is 0. The number of fused-ring (bicyclic) bond motifs is 1. The van der Waals surface area contributed by atoms with Crippen molar-refractivity contribution in [1.82, 2.24) is 14.9 Å². The second-order valence-corrected chi connectivity index (χ2v) is 8.81. The summed E-state index contributed by atoms with van der Waals surface area (Å²) in [6, 6.07) is 1.95. The van der Waals surface area contributed by atoms with Crippen LogP contribution in [0, 0.1) is 0 Å². The first-order valence-corrected chi connectivity index (χ1v) is 8.97. The van der Waals surface area contributed by atoms with E-state index < -0.39 is 5.60 Å². The van der Waals surface area contributed by atoms with Gasteiger partial charge >= 0.3 is 6.09 Å². The molecule has 0 aromatic carbocycles. The molecule has 0 saturated carbocycles. The van der Waals surface area contributed by atoms with E-state index in [-0.39, 0.29) is 12.2 Å². The molecular formula is C15H18BrN3O3S. The van der Waals surface area contributed by atoms with Crippen LogP contribution in [0.3, 0.4) is 0 Å². The van der Waals surface area contributed by atoms with Gasteiger partial charge in [-0.15, -0.1) is 11.3 Å². The van der Waals surface area contributed by atoms with Crippen LogP contribution < -0.4 is 4.74 Å². The number of nitrogens with zero attached hydrogens (tertiary/aromatic N) is 3. The standard InChI is InChI=1S/C15H18BrN3O3S/c1-15(2,3)22-14(20)19-5-4-9(7-19)21-12-10-6-11(16)23-13(10)18-8-17-12/h6,8-9H,4-5,7H2,1-3H3/t9-/m0/s1. The van der Waals surface area contributed by atoms with Crippen LogP contribution in [0.5, 0.6) is 5.88 Å². The molecule has 8 heteroatoms. The summed E-state index contributed by atoms with van der Waals surface area (Å²) in [6.07, 6.45) is 1.88. The molecule has 2 aromatic rings. The van der Waals surface area contributed by atoms with Gasteiger partial charge in [-0.3, -0.25) is 0 Å². The first-order chi connectivity index (χ1) is 10.8. The summed E-state index contributed by atoms with van der Waals surface area (Å²) >= 11 is 4.99. The van der Waals surface area contributed by atoms with Crippen molar-refractivity contribution >= 4 is 43.6 Å². The van der Waals surface area contributed by atoms with Gasteiger partial charge in [0.1, 0.15) is 22.9 Å². The molecule has 1 aliphatic rings. The molecule has 124 valence electrons. The van der Waals surface area contributed by atoms with Crippen molar-refractivity contribution in [2.75, 3.05) is 13.1 Å². The lowest BCUT2D eigenvalue weighted by Crippen LogP contribution is -2.36. The van der Waals surface area contributed by atoms with Crippen molar-refractivity contribution in [3.63, 3.8) is 0 Å². The quantitative estimate of drug-likeness (QED) is 0.767. The minimum Gasteiger partial charge on any atom is -0.472 e. The number of likely N-dealkylation sites (tertiary alicyclic amines) is 1. The lowest BCUT2D eigenvalue weighted by molar-refractivity contribution is 0.0275. The van der Waals surface area contributed by atoms with E-state index in [9.17, 15) is 4.79 Å². The van der Waals surface area contributed by atoms with Crippen molar-refractivity contribution in [3.05, 3.63) is 16.2 Å². The van der Waals surface area contributed by atoms with Crippen molar-refractivity contribution in [2.45, 2.75) is 38.9 Å². The van der Waals surface area contributed by atoms with Crippen LogP contribution >= 0.6 is 27.3 Å². The number of hydrogen-bond acceptors (Lipinski definition) is 6. The number of carbonyl (C=O) groups is 1. The maximum absolute atomic E-state index is 12.1. The molecule has 2 aromatic heterocycles. The van der Waals surface area contributed by atoms with Gasteiger partial charge in [0.05, 0.1) is 15.7 Å². The number of carbonyl (C=O) groups excluding carboxylic acids is 1. The Balaban J connectivity index is 1.66. The smallest absolute Gasteiger partial charge is 0.410 e. The van der Waals surface area contributed by atoms with Crippen LogP contribution in [-0.2, 0) is 4.74 Å². The predicted octanol–water partition coefficient (Wildman–Crippen LogP) is 3.84. The van der Waals surface area contributed by atoms with E-state index in [1.807, 2.05) is 26.8 Å². The van der Waals surface area contributed by atoms with E-state index in [2.05, 4.69) is 25.9 Å². The van der Waals surface area contributed by atoms with Gasteiger partial charge in [-0.2, -0.15) is 0 Å². The Morgan fingerprint density at radius 2 is 2.22 bits per heavy atom. The predicted molar refractivity (Wildman–Crippen MR) is 92.0 cm³/mol. The largest absolute Gasteiger partial charge is 0.472 e. The molecule has 0 bridgehead atoms. The highest BCUT2D eigenvalue weighted by Crippen LogP contribution is 2.33. The molecule has 0 unspecified atom stereocenters. The van der Waals surface area contributed by atoms with E-state index >= 15 is 0 Å². The molecular weight excluding hydrogens is 382 g/mol. The molecule has 1 aliphatic heterocycles. The van der Waals surface area contributed by atoms with Gasteiger partial charge < -0.3 is 14.4 Å². The number of aromatic nitrogens is 2. The first-order valence-electron chi connectivity index (χ1n) is 7.36. The summed E-state index contributed by atoms with van der Waals surface area (Å²) in [4.78, 5) is 23.1. The third-order valence-corrected chi connectivity index (χ3v) is 4.88.